The van der Waals surface area contributed by atoms with Crippen molar-refractivity contribution in [3.8, 4) is 21.0 Å². The maximum atomic E-state index is 13.7. The quantitative estimate of drug-likeness (QED) is 0.651. The molecule has 0 saturated carbocycles. The molecule has 0 spiro atoms. The van der Waals surface area contributed by atoms with Crippen molar-refractivity contribution < 1.29 is 4.39 Å². The van der Waals surface area contributed by atoms with E-state index in [9.17, 15) is 4.39 Å². The van der Waals surface area contributed by atoms with E-state index in [-0.39, 0.29) is 5.82 Å². The molecule has 2 aromatic carbocycles. The molecule has 0 unspecified atom stereocenters. The van der Waals surface area contributed by atoms with Gasteiger partial charge < -0.3 is 0 Å². The molecule has 0 radical (unpaired) electrons. The molecule has 0 amide bonds. The summed E-state index contributed by atoms with van der Waals surface area (Å²) in [6.45, 7) is 0. The van der Waals surface area contributed by atoms with Crippen LogP contribution >= 0.6 is 11.3 Å². The van der Waals surface area contributed by atoms with Crippen LogP contribution in [0.1, 0.15) is 0 Å². The number of thiazole rings is 1. The second-order valence-corrected chi connectivity index (χ2v) is 4.91. The van der Waals surface area contributed by atoms with E-state index in [0.717, 1.165) is 15.4 Å². The minimum Gasteiger partial charge on any atom is -0.244 e. The lowest BCUT2D eigenvalue weighted by Gasteiger charge is -1.97. The van der Waals surface area contributed by atoms with Crippen LogP contribution in [0, 0.1) is 5.82 Å². The molecule has 1 heterocycles. The van der Waals surface area contributed by atoms with Crippen molar-refractivity contribution in [2.75, 3.05) is 0 Å². The largest absolute Gasteiger partial charge is 0.244 e. The number of rotatable bonds is 2. The number of hydrogen-bond acceptors (Lipinski definition) is 2. The van der Waals surface area contributed by atoms with Crippen molar-refractivity contribution in [1.82, 2.24) is 4.98 Å². The molecule has 0 N–H and O–H groups in total. The Bertz CT molecular complexity index is 661. The van der Waals surface area contributed by atoms with Crippen LogP contribution in [0.4, 0.5) is 4.39 Å². The van der Waals surface area contributed by atoms with Gasteiger partial charge in [0.1, 0.15) is 10.8 Å². The molecule has 0 bridgehead atoms. The van der Waals surface area contributed by atoms with Crippen molar-refractivity contribution in [1.29, 1.82) is 0 Å². The lowest BCUT2D eigenvalue weighted by Crippen LogP contribution is -1.78. The van der Waals surface area contributed by atoms with E-state index in [1.807, 2.05) is 36.4 Å². The van der Waals surface area contributed by atoms with Crippen LogP contribution in [0.3, 0.4) is 0 Å². The molecule has 0 aliphatic carbocycles. The first-order valence-corrected chi connectivity index (χ1v) is 6.42. The van der Waals surface area contributed by atoms with Crippen LogP contribution in [0.15, 0.2) is 60.8 Å². The second kappa shape index (κ2) is 4.70. The maximum absolute atomic E-state index is 13.7. The smallest absolute Gasteiger partial charge is 0.131 e. The number of halogens is 1. The zero-order valence-corrected chi connectivity index (χ0v) is 10.3. The predicted molar refractivity (Wildman–Crippen MR) is 72.9 cm³/mol. The first-order valence-electron chi connectivity index (χ1n) is 5.61. The minimum absolute atomic E-state index is 0.208. The van der Waals surface area contributed by atoms with Gasteiger partial charge in [-0.25, -0.2) is 9.37 Å². The maximum Gasteiger partial charge on any atom is 0.131 e. The number of hydrogen-bond donors (Lipinski definition) is 0. The average Bonchev–Trinajstić information content (AvgIpc) is 2.90. The van der Waals surface area contributed by atoms with E-state index in [0.29, 0.717) is 5.56 Å². The first-order chi connectivity index (χ1) is 8.84. The summed E-state index contributed by atoms with van der Waals surface area (Å²) in [4.78, 5) is 5.21. The summed E-state index contributed by atoms with van der Waals surface area (Å²) < 4.78 is 13.7. The third-order valence-corrected chi connectivity index (χ3v) is 3.75. The molecule has 3 rings (SSSR count). The van der Waals surface area contributed by atoms with Crippen LogP contribution in [0.2, 0.25) is 0 Å². The van der Waals surface area contributed by atoms with Gasteiger partial charge in [-0.2, -0.15) is 0 Å². The third-order valence-electron chi connectivity index (χ3n) is 2.67. The lowest BCUT2D eigenvalue weighted by atomic mass is 10.2. The molecule has 0 aliphatic rings. The van der Waals surface area contributed by atoms with Gasteiger partial charge in [0.25, 0.3) is 0 Å². The molecule has 18 heavy (non-hydrogen) atoms. The van der Waals surface area contributed by atoms with Gasteiger partial charge in [-0.1, -0.05) is 48.5 Å². The minimum atomic E-state index is -0.208. The summed E-state index contributed by atoms with van der Waals surface area (Å²) in [5.41, 5.74) is 1.67. The van der Waals surface area contributed by atoms with Crippen molar-refractivity contribution in [3.63, 3.8) is 0 Å². The highest BCUT2D eigenvalue weighted by molar-refractivity contribution is 7.18. The monoisotopic (exact) mass is 255 g/mol. The van der Waals surface area contributed by atoms with E-state index >= 15 is 0 Å². The molecule has 0 atom stereocenters. The molecule has 88 valence electrons. The van der Waals surface area contributed by atoms with E-state index in [1.165, 1.54) is 17.4 Å². The molecule has 3 aromatic rings. The topological polar surface area (TPSA) is 12.9 Å². The van der Waals surface area contributed by atoms with Crippen LogP contribution in [0.5, 0.6) is 0 Å². The number of nitrogens with zero attached hydrogens (tertiary/aromatic N) is 1. The highest BCUT2D eigenvalue weighted by Gasteiger charge is 2.09. The summed E-state index contributed by atoms with van der Waals surface area (Å²) in [6, 6.07) is 16.7. The molecule has 0 aliphatic heterocycles. The van der Waals surface area contributed by atoms with E-state index < -0.39 is 0 Å². The van der Waals surface area contributed by atoms with E-state index in [2.05, 4.69) is 4.98 Å². The highest BCUT2D eigenvalue weighted by Crippen LogP contribution is 2.32. The van der Waals surface area contributed by atoms with Gasteiger partial charge >= 0.3 is 0 Å². The SMILES string of the molecule is Fc1ccccc1-c1cnc(-c2ccccc2)s1. The summed E-state index contributed by atoms with van der Waals surface area (Å²) in [5.74, 6) is -0.208. The number of benzene rings is 2. The van der Waals surface area contributed by atoms with E-state index in [1.54, 1.807) is 18.3 Å². The molecule has 0 saturated heterocycles. The average molecular weight is 255 g/mol. The Morgan fingerprint density at radius 1 is 0.889 bits per heavy atom. The Kier molecular flexibility index (Phi) is 2.90. The van der Waals surface area contributed by atoms with Crippen LogP contribution < -0.4 is 0 Å². The van der Waals surface area contributed by atoms with Gasteiger partial charge in [0, 0.05) is 17.3 Å². The first kappa shape index (κ1) is 11.1. The van der Waals surface area contributed by atoms with Crippen molar-refractivity contribution in [3.05, 3.63) is 66.6 Å². The summed E-state index contributed by atoms with van der Waals surface area (Å²) in [5, 5.41) is 0.911. The van der Waals surface area contributed by atoms with E-state index in [4.69, 9.17) is 0 Å². The Labute approximate surface area is 109 Å². The normalized spacial score (nSPS) is 10.5. The summed E-state index contributed by atoms with van der Waals surface area (Å²) in [7, 11) is 0. The van der Waals surface area contributed by atoms with Crippen molar-refractivity contribution in [2.45, 2.75) is 0 Å². The Balaban J connectivity index is 2.03. The van der Waals surface area contributed by atoms with Crippen LogP contribution in [-0.2, 0) is 0 Å². The van der Waals surface area contributed by atoms with Crippen molar-refractivity contribution >= 4 is 11.3 Å². The Morgan fingerprint density at radius 2 is 1.61 bits per heavy atom. The van der Waals surface area contributed by atoms with Crippen LogP contribution in [-0.4, -0.2) is 4.98 Å². The second-order valence-electron chi connectivity index (χ2n) is 3.88. The standard InChI is InChI=1S/C15H10FNS/c16-13-9-5-4-8-12(13)14-10-17-15(18-14)11-6-2-1-3-7-11/h1-10H. The van der Waals surface area contributed by atoms with Gasteiger partial charge in [-0.3, -0.25) is 0 Å². The summed E-state index contributed by atoms with van der Waals surface area (Å²) in [6.07, 6.45) is 1.73. The lowest BCUT2D eigenvalue weighted by molar-refractivity contribution is 0.631. The number of aromatic nitrogens is 1. The van der Waals surface area contributed by atoms with Crippen molar-refractivity contribution in [2.24, 2.45) is 0 Å². The molecular weight excluding hydrogens is 245 g/mol. The molecule has 0 fully saturated rings. The Morgan fingerprint density at radius 3 is 2.39 bits per heavy atom. The third kappa shape index (κ3) is 2.05. The predicted octanol–water partition coefficient (Wildman–Crippen LogP) is 4.62. The summed E-state index contributed by atoms with van der Waals surface area (Å²) >= 11 is 1.50. The van der Waals surface area contributed by atoms with Gasteiger partial charge in [0.2, 0.25) is 0 Å². The molecule has 1 nitrogen and oxygen atoms in total. The fourth-order valence-electron chi connectivity index (χ4n) is 1.77. The van der Waals surface area contributed by atoms with Gasteiger partial charge in [0.15, 0.2) is 0 Å². The fourth-order valence-corrected chi connectivity index (χ4v) is 2.72. The molecular formula is C15H10FNS. The fraction of sp³-hybridized carbons (Fsp3) is 0. The zero-order valence-electron chi connectivity index (χ0n) is 9.51. The van der Waals surface area contributed by atoms with Gasteiger partial charge in [-0.05, 0) is 6.07 Å². The molecule has 1 aromatic heterocycles. The van der Waals surface area contributed by atoms with Gasteiger partial charge in [0.05, 0.1) is 4.88 Å². The Hall–Kier alpha value is -2.00. The van der Waals surface area contributed by atoms with Gasteiger partial charge in [-0.15, -0.1) is 11.3 Å². The molecule has 3 heteroatoms. The van der Waals surface area contributed by atoms with Crippen LogP contribution in [0.25, 0.3) is 21.0 Å². The zero-order chi connectivity index (χ0) is 12.4. The highest BCUT2D eigenvalue weighted by atomic mass is 32.1.